The molecule has 1 aliphatic carbocycles. The third-order valence-electron chi connectivity index (χ3n) is 3.00. The molecule has 1 N–H and O–H groups in total. The number of carboxylic acid groups (broad SMARTS) is 1. The highest BCUT2D eigenvalue weighted by molar-refractivity contribution is 5.69. The van der Waals surface area contributed by atoms with Crippen LogP contribution in [0.15, 0.2) is 12.2 Å². The number of allylic oxidation sites excluding steroid dienone is 2. The molecule has 1 fully saturated rings. The van der Waals surface area contributed by atoms with E-state index < -0.39 is 5.97 Å². The molecule has 1 aliphatic rings. The van der Waals surface area contributed by atoms with Gasteiger partial charge in [0.05, 0.1) is 5.92 Å². The van der Waals surface area contributed by atoms with Crippen LogP contribution in [-0.2, 0) is 4.79 Å². The molecule has 0 heterocycles. The Kier molecular flexibility index (Phi) is 4.71. The molecule has 0 spiro atoms. The van der Waals surface area contributed by atoms with Gasteiger partial charge in [0.25, 0.3) is 0 Å². The minimum Gasteiger partial charge on any atom is -0.481 e. The van der Waals surface area contributed by atoms with Crippen LogP contribution in [0, 0.1) is 11.8 Å². The Morgan fingerprint density at radius 1 is 1.50 bits per heavy atom. The first-order valence-corrected chi connectivity index (χ1v) is 5.59. The van der Waals surface area contributed by atoms with Crippen LogP contribution in [-0.4, -0.2) is 11.1 Å². The topological polar surface area (TPSA) is 37.3 Å². The summed E-state index contributed by atoms with van der Waals surface area (Å²) in [4.78, 5) is 10.5. The lowest BCUT2D eigenvalue weighted by Gasteiger charge is -2.03. The first-order chi connectivity index (χ1) is 6.70. The van der Waals surface area contributed by atoms with E-state index in [0.29, 0.717) is 0 Å². The summed E-state index contributed by atoms with van der Waals surface area (Å²) in [6, 6.07) is 0. The van der Waals surface area contributed by atoms with Gasteiger partial charge in [-0.05, 0) is 31.6 Å². The molecule has 0 radical (unpaired) electrons. The van der Waals surface area contributed by atoms with Crippen LogP contribution in [0.25, 0.3) is 0 Å². The molecule has 2 nitrogen and oxygen atoms in total. The van der Waals surface area contributed by atoms with Crippen molar-refractivity contribution in [2.75, 3.05) is 0 Å². The summed E-state index contributed by atoms with van der Waals surface area (Å²) >= 11 is 0. The summed E-state index contributed by atoms with van der Waals surface area (Å²) in [5.74, 6) is -0.113. The first kappa shape index (κ1) is 11.3. The lowest BCUT2D eigenvalue weighted by atomic mass is 10.0. The quantitative estimate of drug-likeness (QED) is 0.685. The highest BCUT2D eigenvalue weighted by Crippen LogP contribution is 2.25. The lowest BCUT2D eigenvalue weighted by molar-refractivity contribution is -0.141. The van der Waals surface area contributed by atoms with Crippen molar-refractivity contribution in [2.45, 2.75) is 45.4 Å². The van der Waals surface area contributed by atoms with Crippen molar-refractivity contribution < 1.29 is 9.90 Å². The minimum atomic E-state index is -0.681. The van der Waals surface area contributed by atoms with Gasteiger partial charge >= 0.3 is 5.97 Å². The third-order valence-corrected chi connectivity index (χ3v) is 3.00. The molecule has 80 valence electrons. The van der Waals surface area contributed by atoms with Crippen LogP contribution < -0.4 is 0 Å². The van der Waals surface area contributed by atoms with Crippen molar-refractivity contribution in [1.82, 2.24) is 0 Å². The van der Waals surface area contributed by atoms with E-state index in [0.717, 1.165) is 18.8 Å². The SMILES string of the molecule is CC(CC/C=C/C1CCCC1)C(=O)O. The van der Waals surface area contributed by atoms with Crippen molar-refractivity contribution >= 4 is 5.97 Å². The molecule has 1 saturated carbocycles. The summed E-state index contributed by atoms with van der Waals surface area (Å²) < 4.78 is 0. The Bertz CT molecular complexity index is 202. The largest absolute Gasteiger partial charge is 0.481 e. The fraction of sp³-hybridized carbons (Fsp3) is 0.750. The first-order valence-electron chi connectivity index (χ1n) is 5.59. The second-order valence-electron chi connectivity index (χ2n) is 4.29. The predicted octanol–water partition coefficient (Wildman–Crippen LogP) is 3.23. The average Bonchev–Trinajstić information content (AvgIpc) is 2.64. The van der Waals surface area contributed by atoms with E-state index in [-0.39, 0.29) is 5.92 Å². The van der Waals surface area contributed by atoms with Crippen LogP contribution in [0.3, 0.4) is 0 Å². The van der Waals surface area contributed by atoms with Gasteiger partial charge in [0.1, 0.15) is 0 Å². The Hall–Kier alpha value is -0.790. The second kappa shape index (κ2) is 5.84. The molecule has 0 aromatic carbocycles. The van der Waals surface area contributed by atoms with Crippen LogP contribution in [0.2, 0.25) is 0 Å². The molecule has 1 atom stereocenters. The summed E-state index contributed by atoms with van der Waals surface area (Å²) in [6.45, 7) is 1.77. The molecule has 2 heteroatoms. The monoisotopic (exact) mass is 196 g/mol. The van der Waals surface area contributed by atoms with E-state index in [1.54, 1.807) is 6.92 Å². The highest BCUT2D eigenvalue weighted by Gasteiger charge is 2.11. The number of rotatable bonds is 5. The molecule has 0 amide bonds. The Labute approximate surface area is 86.0 Å². The summed E-state index contributed by atoms with van der Waals surface area (Å²) in [5, 5.41) is 8.67. The lowest BCUT2D eigenvalue weighted by Crippen LogP contribution is -2.08. The zero-order valence-corrected chi connectivity index (χ0v) is 8.91. The highest BCUT2D eigenvalue weighted by atomic mass is 16.4. The van der Waals surface area contributed by atoms with Gasteiger partial charge in [-0.1, -0.05) is 31.9 Å². The zero-order chi connectivity index (χ0) is 10.4. The van der Waals surface area contributed by atoms with E-state index in [1.807, 2.05) is 0 Å². The van der Waals surface area contributed by atoms with Crippen molar-refractivity contribution in [3.05, 3.63) is 12.2 Å². The van der Waals surface area contributed by atoms with Crippen molar-refractivity contribution in [2.24, 2.45) is 11.8 Å². The van der Waals surface area contributed by atoms with Gasteiger partial charge in [-0.3, -0.25) is 4.79 Å². The summed E-state index contributed by atoms with van der Waals surface area (Å²) in [7, 11) is 0. The number of hydrogen-bond acceptors (Lipinski definition) is 1. The van der Waals surface area contributed by atoms with Crippen molar-refractivity contribution in [3.63, 3.8) is 0 Å². The van der Waals surface area contributed by atoms with Crippen LogP contribution in [0.1, 0.15) is 45.4 Å². The van der Waals surface area contributed by atoms with Gasteiger partial charge in [0.15, 0.2) is 0 Å². The molecule has 14 heavy (non-hydrogen) atoms. The van der Waals surface area contributed by atoms with Crippen LogP contribution in [0.4, 0.5) is 0 Å². The number of carbonyl (C=O) groups is 1. The van der Waals surface area contributed by atoms with E-state index in [9.17, 15) is 4.79 Å². The standard InChI is InChI=1S/C12H20O2/c1-10(12(13)14)6-2-3-7-11-8-4-5-9-11/h3,7,10-11H,2,4-6,8-9H2,1H3,(H,13,14)/b7-3+. The smallest absolute Gasteiger partial charge is 0.306 e. The normalized spacial score (nSPS) is 20.4. The number of aliphatic carboxylic acids is 1. The van der Waals surface area contributed by atoms with Gasteiger partial charge in [0.2, 0.25) is 0 Å². The molecule has 0 saturated heterocycles. The van der Waals surface area contributed by atoms with Crippen molar-refractivity contribution in [1.29, 1.82) is 0 Å². The predicted molar refractivity (Wildman–Crippen MR) is 57.1 cm³/mol. The fourth-order valence-corrected chi connectivity index (χ4v) is 1.91. The third kappa shape index (κ3) is 3.95. The van der Waals surface area contributed by atoms with Gasteiger partial charge in [0, 0.05) is 0 Å². The maximum Gasteiger partial charge on any atom is 0.306 e. The maximum absolute atomic E-state index is 10.5. The molecule has 0 bridgehead atoms. The van der Waals surface area contributed by atoms with Crippen LogP contribution in [0.5, 0.6) is 0 Å². The van der Waals surface area contributed by atoms with Gasteiger partial charge in [-0.25, -0.2) is 0 Å². The van der Waals surface area contributed by atoms with Gasteiger partial charge in [-0.15, -0.1) is 0 Å². The van der Waals surface area contributed by atoms with E-state index in [2.05, 4.69) is 12.2 Å². The molecule has 0 aromatic heterocycles. The second-order valence-corrected chi connectivity index (χ2v) is 4.29. The van der Waals surface area contributed by atoms with E-state index in [1.165, 1.54) is 25.7 Å². The molecule has 1 unspecified atom stereocenters. The molecule has 1 rings (SSSR count). The minimum absolute atomic E-state index is 0.205. The molecule has 0 aliphatic heterocycles. The molecular weight excluding hydrogens is 176 g/mol. The van der Waals surface area contributed by atoms with Gasteiger partial charge in [-0.2, -0.15) is 0 Å². The Morgan fingerprint density at radius 3 is 2.71 bits per heavy atom. The van der Waals surface area contributed by atoms with Crippen LogP contribution >= 0.6 is 0 Å². The average molecular weight is 196 g/mol. The number of hydrogen-bond donors (Lipinski definition) is 1. The van der Waals surface area contributed by atoms with E-state index >= 15 is 0 Å². The number of carboxylic acids is 1. The Balaban J connectivity index is 2.10. The fourth-order valence-electron chi connectivity index (χ4n) is 1.91. The molecule has 0 aromatic rings. The van der Waals surface area contributed by atoms with Gasteiger partial charge < -0.3 is 5.11 Å². The molecular formula is C12H20O2. The summed E-state index contributed by atoms with van der Waals surface area (Å²) in [6.07, 6.45) is 11.5. The van der Waals surface area contributed by atoms with Crippen molar-refractivity contribution in [3.8, 4) is 0 Å². The Morgan fingerprint density at radius 2 is 2.14 bits per heavy atom. The maximum atomic E-state index is 10.5. The zero-order valence-electron chi connectivity index (χ0n) is 8.91. The summed E-state index contributed by atoms with van der Waals surface area (Å²) in [5.41, 5.74) is 0. The van der Waals surface area contributed by atoms with E-state index in [4.69, 9.17) is 5.11 Å².